The number of amides is 4. The van der Waals surface area contributed by atoms with Crippen molar-refractivity contribution in [2.75, 3.05) is 10.6 Å². The lowest BCUT2D eigenvalue weighted by molar-refractivity contribution is -0.119. The Morgan fingerprint density at radius 3 is 2.26 bits per heavy atom. The van der Waals surface area contributed by atoms with Gasteiger partial charge in [-0.25, -0.2) is 4.79 Å². The topological polar surface area (TPSA) is 87.3 Å². The van der Waals surface area contributed by atoms with Crippen LogP contribution >= 0.6 is 11.6 Å². The smallest absolute Gasteiger partial charge is 0.325 e. The van der Waals surface area contributed by atoms with Crippen LogP contribution in [0.25, 0.3) is 0 Å². The number of anilines is 2. The highest BCUT2D eigenvalue weighted by molar-refractivity contribution is 6.31. The Hall–Kier alpha value is -2.08. The number of nitrogens with one attached hydrogen (secondary N) is 3. The maximum atomic E-state index is 11.5. The number of benzene rings is 1. The summed E-state index contributed by atoms with van der Waals surface area (Å²) >= 11 is 5.52. The summed E-state index contributed by atoms with van der Waals surface area (Å²) < 4.78 is 0. The standard InChI is InChI=1S/C12H14ClN3O3/c1-7(13)11(18)16-12(19)15-10-5-3-4-9(6-10)14-8(2)17/h3-7H,1-2H3,(H,14,17)(H2,15,16,18,19). The molecule has 0 aliphatic carbocycles. The molecule has 0 heterocycles. The lowest BCUT2D eigenvalue weighted by atomic mass is 10.2. The van der Waals surface area contributed by atoms with Gasteiger partial charge < -0.3 is 10.6 Å². The molecule has 6 nitrogen and oxygen atoms in total. The fourth-order valence-corrected chi connectivity index (χ4v) is 1.31. The fraction of sp³-hybridized carbons (Fsp3) is 0.250. The zero-order valence-corrected chi connectivity index (χ0v) is 11.2. The number of hydrogen-bond donors (Lipinski definition) is 3. The van der Waals surface area contributed by atoms with Crippen molar-refractivity contribution in [2.45, 2.75) is 19.2 Å². The van der Waals surface area contributed by atoms with E-state index in [-0.39, 0.29) is 5.91 Å². The summed E-state index contributed by atoms with van der Waals surface area (Å²) in [5.41, 5.74) is 0.987. The number of halogens is 1. The summed E-state index contributed by atoms with van der Waals surface area (Å²) in [7, 11) is 0. The van der Waals surface area contributed by atoms with Crippen molar-refractivity contribution in [1.29, 1.82) is 0 Å². The zero-order valence-electron chi connectivity index (χ0n) is 10.5. The van der Waals surface area contributed by atoms with Crippen LogP contribution in [0.15, 0.2) is 24.3 Å². The Balaban J connectivity index is 2.64. The van der Waals surface area contributed by atoms with Gasteiger partial charge in [-0.3, -0.25) is 14.9 Å². The number of carbonyl (C=O) groups is 3. The van der Waals surface area contributed by atoms with Crippen LogP contribution in [0.5, 0.6) is 0 Å². The highest BCUT2D eigenvalue weighted by Gasteiger charge is 2.12. The van der Waals surface area contributed by atoms with Crippen molar-refractivity contribution < 1.29 is 14.4 Å². The van der Waals surface area contributed by atoms with Crippen molar-refractivity contribution in [3.05, 3.63) is 24.3 Å². The number of hydrogen-bond acceptors (Lipinski definition) is 3. The molecule has 0 aliphatic heterocycles. The van der Waals surface area contributed by atoms with Crippen LogP contribution in [0.3, 0.4) is 0 Å². The third-order valence-corrected chi connectivity index (χ3v) is 2.24. The van der Waals surface area contributed by atoms with Gasteiger partial charge in [0.05, 0.1) is 0 Å². The molecule has 0 bridgehead atoms. The average molecular weight is 284 g/mol. The lowest BCUT2D eigenvalue weighted by Crippen LogP contribution is -2.38. The summed E-state index contributed by atoms with van der Waals surface area (Å²) in [6.07, 6.45) is 0. The van der Waals surface area contributed by atoms with Gasteiger partial charge in [-0.05, 0) is 25.1 Å². The van der Waals surface area contributed by atoms with E-state index in [4.69, 9.17) is 11.6 Å². The molecule has 0 aliphatic rings. The average Bonchev–Trinajstić information content (AvgIpc) is 2.27. The van der Waals surface area contributed by atoms with Crippen molar-refractivity contribution >= 4 is 40.8 Å². The molecule has 4 amide bonds. The van der Waals surface area contributed by atoms with Gasteiger partial charge in [0.1, 0.15) is 5.38 Å². The quantitative estimate of drug-likeness (QED) is 0.741. The van der Waals surface area contributed by atoms with E-state index in [0.29, 0.717) is 11.4 Å². The third-order valence-electron chi connectivity index (χ3n) is 2.04. The summed E-state index contributed by atoms with van der Waals surface area (Å²) in [5.74, 6) is -0.801. The molecular formula is C12H14ClN3O3. The largest absolute Gasteiger partial charge is 0.326 e. The Morgan fingerprint density at radius 1 is 1.16 bits per heavy atom. The highest BCUT2D eigenvalue weighted by Crippen LogP contribution is 2.14. The molecule has 0 fully saturated rings. The molecule has 1 aromatic rings. The molecule has 1 rings (SSSR count). The number of urea groups is 1. The monoisotopic (exact) mass is 283 g/mol. The molecule has 0 saturated heterocycles. The molecule has 1 atom stereocenters. The van der Waals surface area contributed by atoms with E-state index in [1.807, 2.05) is 0 Å². The van der Waals surface area contributed by atoms with Gasteiger partial charge in [-0.2, -0.15) is 0 Å². The second kappa shape index (κ2) is 6.75. The van der Waals surface area contributed by atoms with Gasteiger partial charge >= 0.3 is 6.03 Å². The minimum atomic E-state index is -0.795. The number of carbonyl (C=O) groups excluding carboxylic acids is 3. The van der Waals surface area contributed by atoms with Crippen LogP contribution in [0.4, 0.5) is 16.2 Å². The van der Waals surface area contributed by atoms with E-state index in [2.05, 4.69) is 16.0 Å². The predicted molar refractivity (Wildman–Crippen MR) is 73.2 cm³/mol. The Morgan fingerprint density at radius 2 is 1.74 bits per heavy atom. The van der Waals surface area contributed by atoms with E-state index in [1.54, 1.807) is 24.3 Å². The summed E-state index contributed by atoms with van der Waals surface area (Å²) in [5, 5.41) is 6.32. The summed E-state index contributed by atoms with van der Waals surface area (Å²) in [4.78, 5) is 33.6. The molecule has 0 radical (unpaired) electrons. The van der Waals surface area contributed by atoms with Gasteiger partial charge in [0.25, 0.3) is 0 Å². The second-order valence-electron chi connectivity index (χ2n) is 3.82. The van der Waals surface area contributed by atoms with E-state index in [0.717, 1.165) is 0 Å². The van der Waals surface area contributed by atoms with E-state index in [9.17, 15) is 14.4 Å². The predicted octanol–water partition coefficient (Wildman–Crippen LogP) is 1.92. The maximum absolute atomic E-state index is 11.5. The van der Waals surface area contributed by atoms with Crippen molar-refractivity contribution in [2.24, 2.45) is 0 Å². The second-order valence-corrected chi connectivity index (χ2v) is 4.48. The molecule has 1 unspecified atom stereocenters. The van der Waals surface area contributed by atoms with Gasteiger partial charge in [-0.15, -0.1) is 11.6 Å². The highest BCUT2D eigenvalue weighted by atomic mass is 35.5. The third kappa shape index (κ3) is 5.39. The first kappa shape index (κ1) is 15.0. The van der Waals surface area contributed by atoms with Crippen LogP contribution < -0.4 is 16.0 Å². The minimum absolute atomic E-state index is 0.215. The normalized spacial score (nSPS) is 11.3. The van der Waals surface area contributed by atoms with Crippen LogP contribution in [0.1, 0.15) is 13.8 Å². The van der Waals surface area contributed by atoms with Gasteiger partial charge in [0.15, 0.2) is 0 Å². The molecule has 102 valence electrons. The minimum Gasteiger partial charge on any atom is -0.326 e. The zero-order chi connectivity index (χ0) is 14.4. The molecule has 1 aromatic carbocycles. The van der Waals surface area contributed by atoms with Gasteiger partial charge in [0.2, 0.25) is 11.8 Å². The molecule has 3 N–H and O–H groups in total. The first-order valence-corrected chi connectivity index (χ1v) is 5.95. The van der Waals surface area contributed by atoms with E-state index < -0.39 is 17.3 Å². The molecule has 7 heteroatoms. The Labute approximate surface area is 115 Å². The van der Waals surface area contributed by atoms with Crippen molar-refractivity contribution in [1.82, 2.24) is 5.32 Å². The Bertz CT molecular complexity index is 503. The van der Waals surface area contributed by atoms with Gasteiger partial charge in [-0.1, -0.05) is 6.07 Å². The fourth-order valence-electron chi connectivity index (χ4n) is 1.25. The maximum Gasteiger partial charge on any atom is 0.325 e. The van der Waals surface area contributed by atoms with Gasteiger partial charge in [0, 0.05) is 18.3 Å². The van der Waals surface area contributed by atoms with Crippen LogP contribution in [-0.2, 0) is 9.59 Å². The van der Waals surface area contributed by atoms with E-state index >= 15 is 0 Å². The lowest BCUT2D eigenvalue weighted by Gasteiger charge is -2.09. The molecule has 0 spiro atoms. The number of alkyl halides is 1. The summed E-state index contributed by atoms with van der Waals surface area (Å²) in [6, 6.07) is 5.84. The SMILES string of the molecule is CC(=O)Nc1cccc(NC(=O)NC(=O)C(C)Cl)c1. The molecule has 19 heavy (non-hydrogen) atoms. The first-order valence-electron chi connectivity index (χ1n) is 5.52. The van der Waals surface area contributed by atoms with Crippen LogP contribution in [0.2, 0.25) is 0 Å². The molecule has 0 saturated carbocycles. The number of imide groups is 1. The first-order chi connectivity index (χ1) is 8.88. The van der Waals surface area contributed by atoms with Crippen LogP contribution in [0, 0.1) is 0 Å². The molecular weight excluding hydrogens is 270 g/mol. The van der Waals surface area contributed by atoms with Crippen molar-refractivity contribution in [3.63, 3.8) is 0 Å². The number of rotatable bonds is 3. The van der Waals surface area contributed by atoms with Crippen LogP contribution in [-0.4, -0.2) is 23.2 Å². The Kier molecular flexibility index (Phi) is 5.32. The van der Waals surface area contributed by atoms with Crippen molar-refractivity contribution in [3.8, 4) is 0 Å². The molecule has 0 aromatic heterocycles. The summed E-state index contributed by atoms with van der Waals surface area (Å²) in [6.45, 7) is 2.84. The van der Waals surface area contributed by atoms with E-state index in [1.165, 1.54) is 13.8 Å².